The highest BCUT2D eigenvalue weighted by Crippen LogP contribution is 2.13. The second kappa shape index (κ2) is 14.0. The summed E-state index contributed by atoms with van der Waals surface area (Å²) in [6.07, 6.45) is -3.44. The molecule has 3 rings (SSSR count). The molecule has 1 saturated heterocycles. The summed E-state index contributed by atoms with van der Waals surface area (Å²) < 4.78 is 58.7. The van der Waals surface area contributed by atoms with Gasteiger partial charge in [-0.05, 0) is 30.5 Å². The van der Waals surface area contributed by atoms with Gasteiger partial charge in [-0.15, -0.1) is 0 Å². The van der Waals surface area contributed by atoms with Gasteiger partial charge < -0.3 is 15.3 Å². The maximum Gasteiger partial charge on any atom is 0.490 e. The molecule has 1 fully saturated rings. The fourth-order valence-electron chi connectivity index (χ4n) is 3.47. The summed E-state index contributed by atoms with van der Waals surface area (Å²) >= 11 is 0. The van der Waals surface area contributed by atoms with Crippen molar-refractivity contribution in [2.75, 3.05) is 45.0 Å². The average Bonchev–Trinajstić information content (AvgIpc) is 2.87. The minimum Gasteiger partial charge on any atom is -0.475 e. The quantitative estimate of drug-likeness (QED) is 0.517. The van der Waals surface area contributed by atoms with E-state index < -0.39 is 22.2 Å². The van der Waals surface area contributed by atoms with Crippen LogP contribution in [0.3, 0.4) is 0 Å². The molecule has 0 radical (unpaired) electrons. The number of aryl methyl sites for hydroxylation is 1. The molecule has 0 aliphatic carbocycles. The zero-order chi connectivity index (χ0) is 26.6. The van der Waals surface area contributed by atoms with E-state index in [-0.39, 0.29) is 18.2 Å². The smallest absolute Gasteiger partial charge is 0.475 e. The number of carboxylic acids is 1. The van der Waals surface area contributed by atoms with Gasteiger partial charge in [0.1, 0.15) is 0 Å². The second-order valence-corrected chi connectivity index (χ2v) is 10.1. The molecule has 0 atom stereocenters. The predicted molar refractivity (Wildman–Crippen MR) is 129 cm³/mol. The molecule has 36 heavy (non-hydrogen) atoms. The van der Waals surface area contributed by atoms with Gasteiger partial charge in [0.25, 0.3) is 5.91 Å². The van der Waals surface area contributed by atoms with Crippen LogP contribution < -0.4 is 5.32 Å². The first-order valence-corrected chi connectivity index (χ1v) is 13.0. The number of amides is 1. The van der Waals surface area contributed by atoms with Gasteiger partial charge in [-0.3, -0.25) is 4.79 Å². The summed E-state index contributed by atoms with van der Waals surface area (Å²) in [6.45, 7) is 3.05. The number of carbonyl (C=O) groups is 2. The molecular formula is C24H30F3N3O5S. The maximum absolute atomic E-state index is 13.0. The van der Waals surface area contributed by atoms with Crippen molar-refractivity contribution in [3.05, 3.63) is 71.8 Å². The van der Waals surface area contributed by atoms with Gasteiger partial charge >= 0.3 is 12.1 Å². The monoisotopic (exact) mass is 529 g/mol. The molecule has 0 saturated carbocycles. The third-order valence-electron chi connectivity index (χ3n) is 5.38. The summed E-state index contributed by atoms with van der Waals surface area (Å²) in [5.41, 5.74) is 1.81. The molecule has 12 heteroatoms. The highest BCUT2D eigenvalue weighted by molar-refractivity contribution is 7.89. The predicted octanol–water partition coefficient (Wildman–Crippen LogP) is 2.63. The first-order valence-electron chi connectivity index (χ1n) is 11.4. The van der Waals surface area contributed by atoms with Gasteiger partial charge in [-0.2, -0.15) is 17.5 Å². The molecule has 1 aliphatic heterocycles. The number of sulfonamides is 1. The van der Waals surface area contributed by atoms with Crippen LogP contribution in [0.15, 0.2) is 60.7 Å². The van der Waals surface area contributed by atoms with E-state index in [1.807, 2.05) is 36.4 Å². The lowest BCUT2D eigenvalue weighted by Gasteiger charge is -2.28. The molecule has 2 aromatic carbocycles. The van der Waals surface area contributed by atoms with Crippen molar-refractivity contribution in [2.45, 2.75) is 19.0 Å². The van der Waals surface area contributed by atoms with Gasteiger partial charge in [0.05, 0.1) is 5.75 Å². The normalized spacial score (nSPS) is 14.4. The number of carboxylic acid groups (broad SMARTS) is 1. The molecule has 2 aromatic rings. The lowest BCUT2D eigenvalue weighted by Crippen LogP contribution is -2.48. The van der Waals surface area contributed by atoms with Crippen LogP contribution in [0, 0.1) is 0 Å². The number of rotatable bonds is 9. The van der Waals surface area contributed by atoms with E-state index in [1.54, 1.807) is 17.0 Å². The topological polar surface area (TPSA) is 107 Å². The number of aliphatic carboxylic acids is 1. The van der Waals surface area contributed by atoms with Crippen molar-refractivity contribution in [1.29, 1.82) is 0 Å². The van der Waals surface area contributed by atoms with E-state index >= 15 is 0 Å². The van der Waals surface area contributed by atoms with Crippen LogP contribution in [0.4, 0.5) is 13.2 Å². The summed E-state index contributed by atoms with van der Waals surface area (Å²) in [7, 11) is -3.37. The van der Waals surface area contributed by atoms with Crippen molar-refractivity contribution in [3.63, 3.8) is 0 Å². The van der Waals surface area contributed by atoms with Gasteiger partial charge in [0.15, 0.2) is 0 Å². The zero-order valence-corrected chi connectivity index (χ0v) is 20.5. The van der Waals surface area contributed by atoms with Crippen molar-refractivity contribution >= 4 is 21.9 Å². The van der Waals surface area contributed by atoms with Crippen LogP contribution in [-0.4, -0.2) is 85.8 Å². The first kappa shape index (κ1) is 29.3. The zero-order valence-electron chi connectivity index (χ0n) is 19.7. The van der Waals surface area contributed by atoms with Crippen molar-refractivity contribution in [2.24, 2.45) is 0 Å². The minimum absolute atomic E-state index is 0.0447. The molecule has 0 unspecified atom stereocenters. The Morgan fingerprint density at radius 1 is 0.944 bits per heavy atom. The number of benzene rings is 2. The number of nitrogens with zero attached hydrogens (tertiary/aromatic N) is 2. The molecule has 1 heterocycles. The summed E-state index contributed by atoms with van der Waals surface area (Å²) in [6, 6.07) is 19.2. The Morgan fingerprint density at radius 3 is 2.00 bits per heavy atom. The SMILES string of the molecule is O=C(O)C(F)(F)F.O=C(c1ccccc1)N(CCCc1ccccc1)CCS(=O)(=O)N1CCNCC1. The Bertz CT molecular complexity index is 1060. The maximum atomic E-state index is 13.0. The molecule has 1 aliphatic rings. The standard InChI is InChI=1S/C22H29N3O3S.C2HF3O2/c26-22(21-11-5-2-6-12-21)24(15-7-10-20-8-3-1-4-9-20)18-19-29(27,28)25-16-13-23-14-17-25;3-2(4,5)1(6)7/h1-6,8-9,11-12,23H,7,10,13-19H2;(H,6,7). The van der Waals surface area contributed by atoms with Crippen LogP contribution in [-0.2, 0) is 21.2 Å². The molecule has 0 spiro atoms. The van der Waals surface area contributed by atoms with Crippen molar-refractivity contribution in [1.82, 2.24) is 14.5 Å². The number of alkyl halides is 3. The Labute approximate surface area is 208 Å². The van der Waals surface area contributed by atoms with Crippen LogP contribution in [0.5, 0.6) is 0 Å². The van der Waals surface area contributed by atoms with E-state index in [1.165, 1.54) is 9.87 Å². The van der Waals surface area contributed by atoms with Crippen LogP contribution in [0.25, 0.3) is 0 Å². The molecule has 8 nitrogen and oxygen atoms in total. The second-order valence-electron chi connectivity index (χ2n) is 8.02. The van der Waals surface area contributed by atoms with E-state index in [0.717, 1.165) is 12.8 Å². The largest absolute Gasteiger partial charge is 0.490 e. The fourth-order valence-corrected chi connectivity index (χ4v) is 4.92. The van der Waals surface area contributed by atoms with E-state index in [2.05, 4.69) is 17.4 Å². The van der Waals surface area contributed by atoms with E-state index in [9.17, 15) is 26.4 Å². The number of halogens is 3. The van der Waals surface area contributed by atoms with Gasteiger partial charge in [0.2, 0.25) is 10.0 Å². The summed E-state index contributed by atoms with van der Waals surface area (Å²) in [5, 5.41) is 10.3. The van der Waals surface area contributed by atoms with Crippen molar-refractivity contribution < 1.29 is 36.3 Å². The summed E-state index contributed by atoms with van der Waals surface area (Å²) in [4.78, 5) is 23.6. The molecule has 198 valence electrons. The van der Waals surface area contributed by atoms with Crippen LogP contribution in [0.1, 0.15) is 22.3 Å². The fraction of sp³-hybridized carbons (Fsp3) is 0.417. The number of carbonyl (C=O) groups excluding carboxylic acids is 1. The molecule has 2 N–H and O–H groups in total. The minimum atomic E-state index is -5.08. The highest BCUT2D eigenvalue weighted by Gasteiger charge is 2.38. The lowest BCUT2D eigenvalue weighted by atomic mass is 10.1. The number of hydrogen-bond donors (Lipinski definition) is 2. The third kappa shape index (κ3) is 9.96. The van der Waals surface area contributed by atoms with Gasteiger partial charge in [0, 0.05) is 44.8 Å². The van der Waals surface area contributed by atoms with E-state index in [0.29, 0.717) is 38.3 Å². The highest BCUT2D eigenvalue weighted by atomic mass is 32.2. The molecule has 0 aromatic heterocycles. The summed E-state index contributed by atoms with van der Waals surface area (Å²) in [5.74, 6) is -2.92. The molecule has 0 bridgehead atoms. The van der Waals surface area contributed by atoms with Gasteiger partial charge in [-0.1, -0.05) is 48.5 Å². The van der Waals surface area contributed by atoms with E-state index in [4.69, 9.17) is 9.90 Å². The van der Waals surface area contributed by atoms with Crippen LogP contribution in [0.2, 0.25) is 0 Å². The molecule has 1 amide bonds. The Morgan fingerprint density at radius 2 is 1.47 bits per heavy atom. The lowest BCUT2D eigenvalue weighted by molar-refractivity contribution is -0.192. The number of hydrogen-bond acceptors (Lipinski definition) is 5. The van der Waals surface area contributed by atoms with Gasteiger partial charge in [-0.25, -0.2) is 13.2 Å². The Hall–Kier alpha value is -2.96. The Kier molecular flexibility index (Phi) is 11.3. The number of piperazine rings is 1. The average molecular weight is 530 g/mol. The van der Waals surface area contributed by atoms with Crippen molar-refractivity contribution in [3.8, 4) is 0 Å². The first-order chi connectivity index (χ1) is 17.0. The third-order valence-corrected chi connectivity index (χ3v) is 7.23. The number of nitrogens with one attached hydrogen (secondary N) is 1. The molecular weight excluding hydrogens is 499 g/mol. The van der Waals surface area contributed by atoms with Crippen LogP contribution >= 0.6 is 0 Å². The Balaban J connectivity index is 0.000000572.